The fraction of sp³-hybridized carbons (Fsp3) is 0.333. The van der Waals surface area contributed by atoms with Gasteiger partial charge in [-0.3, -0.25) is 0 Å². The number of anilines is 3. The first-order chi connectivity index (χ1) is 11.1. The molecule has 0 aliphatic carbocycles. The molecule has 120 valence electrons. The van der Waals surface area contributed by atoms with E-state index in [1.165, 1.54) is 23.4 Å². The molecule has 5 heteroatoms. The Hall–Kier alpha value is -2.14. The molecule has 0 bridgehead atoms. The molecule has 0 radical (unpaired) electrons. The molecule has 2 aromatic carbocycles. The van der Waals surface area contributed by atoms with E-state index < -0.39 is 11.6 Å². The Morgan fingerprint density at radius 2 is 2.04 bits per heavy atom. The van der Waals surface area contributed by atoms with Crippen LogP contribution in [0.5, 0.6) is 0 Å². The summed E-state index contributed by atoms with van der Waals surface area (Å²) in [5.41, 5.74) is 4.73. The van der Waals surface area contributed by atoms with E-state index in [1.807, 2.05) is 6.07 Å². The largest absolute Gasteiger partial charge is 0.381 e. The number of halogens is 2. The van der Waals surface area contributed by atoms with Gasteiger partial charge < -0.3 is 16.0 Å². The number of aryl methyl sites for hydroxylation is 1. The van der Waals surface area contributed by atoms with Crippen LogP contribution in [0.2, 0.25) is 0 Å². The van der Waals surface area contributed by atoms with Crippen LogP contribution in [-0.2, 0) is 0 Å². The molecule has 0 spiro atoms. The third-order valence-corrected chi connectivity index (χ3v) is 4.79. The third-order valence-electron chi connectivity index (χ3n) is 4.79. The average Bonchev–Trinajstić information content (AvgIpc) is 2.90. The van der Waals surface area contributed by atoms with E-state index in [4.69, 9.17) is 0 Å². The summed E-state index contributed by atoms with van der Waals surface area (Å²) < 4.78 is 26.9. The molecule has 0 saturated carbocycles. The molecule has 1 saturated heterocycles. The number of fused-ring (bicyclic) bond motifs is 3. The highest BCUT2D eigenvalue weighted by molar-refractivity contribution is 5.72. The zero-order valence-corrected chi connectivity index (χ0v) is 12.9. The monoisotopic (exact) mass is 315 g/mol. The summed E-state index contributed by atoms with van der Waals surface area (Å²) in [5.74, 6) is -0.714. The predicted molar refractivity (Wildman–Crippen MR) is 88.5 cm³/mol. The summed E-state index contributed by atoms with van der Waals surface area (Å²) in [6, 6.07) is 8.13. The van der Waals surface area contributed by atoms with Crippen molar-refractivity contribution in [1.82, 2.24) is 5.32 Å². The van der Waals surface area contributed by atoms with Crippen LogP contribution in [0.1, 0.15) is 23.5 Å². The van der Waals surface area contributed by atoms with Gasteiger partial charge in [-0.2, -0.15) is 0 Å². The van der Waals surface area contributed by atoms with Crippen molar-refractivity contribution in [3.63, 3.8) is 0 Å². The smallest absolute Gasteiger partial charge is 0.149 e. The molecule has 1 fully saturated rings. The first-order valence-electron chi connectivity index (χ1n) is 7.95. The molecule has 2 aromatic rings. The number of benzene rings is 2. The molecule has 0 aromatic heterocycles. The summed E-state index contributed by atoms with van der Waals surface area (Å²) in [4.78, 5) is 0. The molecule has 0 unspecified atom stereocenters. The average molecular weight is 315 g/mol. The van der Waals surface area contributed by atoms with Crippen LogP contribution in [0.4, 0.5) is 25.8 Å². The maximum absolute atomic E-state index is 13.9. The van der Waals surface area contributed by atoms with Crippen LogP contribution in [0, 0.1) is 18.6 Å². The third kappa shape index (κ3) is 2.55. The van der Waals surface area contributed by atoms with Gasteiger partial charge in [0.15, 0.2) is 0 Å². The molecule has 23 heavy (non-hydrogen) atoms. The quantitative estimate of drug-likeness (QED) is 0.787. The van der Waals surface area contributed by atoms with E-state index >= 15 is 0 Å². The zero-order chi connectivity index (χ0) is 16.0. The van der Waals surface area contributed by atoms with Gasteiger partial charge in [-0.05, 0) is 55.3 Å². The predicted octanol–water partition coefficient (Wildman–Crippen LogP) is 3.89. The fourth-order valence-electron chi connectivity index (χ4n) is 3.67. The van der Waals surface area contributed by atoms with Crippen LogP contribution >= 0.6 is 0 Å². The summed E-state index contributed by atoms with van der Waals surface area (Å²) in [6.45, 7) is 4.05. The van der Waals surface area contributed by atoms with Crippen LogP contribution < -0.4 is 16.0 Å². The lowest BCUT2D eigenvalue weighted by Crippen LogP contribution is -2.38. The van der Waals surface area contributed by atoms with Crippen molar-refractivity contribution in [1.29, 1.82) is 0 Å². The normalized spacial score (nSPS) is 22.2. The standard InChI is InChI=1S/C18H19F2N3/c1-10-6-12(22-17-3-2-11(19)7-15(17)20)8-13-14-9-21-5-4-16(14)23-18(10)13/h2-3,6-8,14,16,21-23H,4-5,9H2,1H3/t14-,16-/m0/s1. The van der Waals surface area contributed by atoms with E-state index in [1.54, 1.807) is 0 Å². The Kier molecular flexibility index (Phi) is 3.45. The highest BCUT2D eigenvalue weighted by Gasteiger charge is 2.34. The minimum absolute atomic E-state index is 0.287. The molecule has 2 heterocycles. The van der Waals surface area contributed by atoms with E-state index in [0.717, 1.165) is 36.8 Å². The lowest BCUT2D eigenvalue weighted by Gasteiger charge is -2.26. The molecule has 2 atom stereocenters. The second-order valence-electron chi connectivity index (χ2n) is 6.36. The lowest BCUT2D eigenvalue weighted by atomic mass is 9.89. The number of rotatable bonds is 2. The van der Waals surface area contributed by atoms with Gasteiger partial charge in [-0.15, -0.1) is 0 Å². The SMILES string of the molecule is Cc1cc(Nc2ccc(F)cc2F)cc2c1N[C@H]1CCNC[C@@H]21. The van der Waals surface area contributed by atoms with Crippen LogP contribution in [0.25, 0.3) is 0 Å². The number of hydrogen-bond donors (Lipinski definition) is 3. The van der Waals surface area contributed by atoms with Gasteiger partial charge in [0, 0.05) is 35.9 Å². The highest BCUT2D eigenvalue weighted by Crippen LogP contribution is 2.42. The van der Waals surface area contributed by atoms with Crippen LogP contribution in [0.15, 0.2) is 30.3 Å². The van der Waals surface area contributed by atoms with Crippen molar-refractivity contribution >= 4 is 17.1 Å². The molecular weight excluding hydrogens is 296 g/mol. The van der Waals surface area contributed by atoms with E-state index in [0.29, 0.717) is 12.0 Å². The van der Waals surface area contributed by atoms with Crippen molar-refractivity contribution in [2.24, 2.45) is 0 Å². The van der Waals surface area contributed by atoms with Crippen molar-refractivity contribution in [2.45, 2.75) is 25.3 Å². The van der Waals surface area contributed by atoms with E-state index in [2.05, 4.69) is 28.9 Å². The Morgan fingerprint density at radius 3 is 2.87 bits per heavy atom. The second-order valence-corrected chi connectivity index (χ2v) is 6.36. The molecule has 4 rings (SSSR count). The summed E-state index contributed by atoms with van der Waals surface area (Å²) in [6.07, 6.45) is 1.11. The minimum Gasteiger partial charge on any atom is -0.381 e. The van der Waals surface area contributed by atoms with Gasteiger partial charge in [0.2, 0.25) is 0 Å². The summed E-state index contributed by atoms with van der Waals surface area (Å²) in [7, 11) is 0. The maximum Gasteiger partial charge on any atom is 0.149 e. The Labute approximate surface area is 134 Å². The van der Waals surface area contributed by atoms with E-state index in [9.17, 15) is 8.78 Å². The number of hydrogen-bond acceptors (Lipinski definition) is 3. The van der Waals surface area contributed by atoms with Gasteiger partial charge in [0.1, 0.15) is 11.6 Å². The zero-order valence-electron chi connectivity index (χ0n) is 12.9. The van der Waals surface area contributed by atoms with Crippen LogP contribution in [-0.4, -0.2) is 19.1 Å². The maximum atomic E-state index is 13.9. The number of nitrogens with one attached hydrogen (secondary N) is 3. The van der Waals surface area contributed by atoms with Gasteiger partial charge in [-0.25, -0.2) is 8.78 Å². The molecular formula is C18H19F2N3. The molecule has 2 aliphatic rings. The molecule has 3 N–H and O–H groups in total. The minimum atomic E-state index is -0.585. The van der Waals surface area contributed by atoms with Crippen molar-refractivity contribution in [2.75, 3.05) is 23.7 Å². The van der Waals surface area contributed by atoms with Crippen molar-refractivity contribution < 1.29 is 8.78 Å². The van der Waals surface area contributed by atoms with Crippen molar-refractivity contribution in [3.05, 3.63) is 53.1 Å². The second kappa shape index (κ2) is 5.49. The molecule has 2 aliphatic heterocycles. The van der Waals surface area contributed by atoms with Gasteiger partial charge in [0.05, 0.1) is 5.69 Å². The highest BCUT2D eigenvalue weighted by atomic mass is 19.1. The summed E-state index contributed by atoms with van der Waals surface area (Å²) >= 11 is 0. The molecule has 0 amide bonds. The topological polar surface area (TPSA) is 36.1 Å². The fourth-order valence-corrected chi connectivity index (χ4v) is 3.67. The summed E-state index contributed by atoms with van der Waals surface area (Å²) in [5, 5.41) is 10.1. The van der Waals surface area contributed by atoms with E-state index in [-0.39, 0.29) is 5.69 Å². The Bertz CT molecular complexity index is 760. The van der Waals surface area contributed by atoms with Crippen molar-refractivity contribution in [3.8, 4) is 0 Å². The van der Waals surface area contributed by atoms with Gasteiger partial charge in [0.25, 0.3) is 0 Å². The molecule has 3 nitrogen and oxygen atoms in total. The first-order valence-corrected chi connectivity index (χ1v) is 7.95. The van der Waals surface area contributed by atoms with Crippen LogP contribution in [0.3, 0.4) is 0 Å². The lowest BCUT2D eigenvalue weighted by molar-refractivity contribution is 0.440. The van der Waals surface area contributed by atoms with Gasteiger partial charge in [-0.1, -0.05) is 0 Å². The number of piperidine rings is 1. The Balaban J connectivity index is 1.68. The Morgan fingerprint density at radius 1 is 1.17 bits per heavy atom. The van der Waals surface area contributed by atoms with Gasteiger partial charge >= 0.3 is 0 Å². The first kappa shape index (κ1) is 14.5.